The number of hydrogen-bond acceptors (Lipinski definition) is 3. The van der Waals surface area contributed by atoms with Crippen molar-refractivity contribution >= 4 is 5.97 Å². The first kappa shape index (κ1) is 11.9. The Bertz CT molecular complexity index is 257. The average Bonchev–Trinajstić information content (AvgIpc) is 2.65. The molecule has 0 spiro atoms. The fourth-order valence-electron chi connectivity index (χ4n) is 3.00. The number of aliphatic carboxylic acids is 1. The Morgan fingerprint density at radius 3 is 2.50 bits per heavy atom. The molecule has 4 unspecified atom stereocenters. The second-order valence-electron chi connectivity index (χ2n) is 5.17. The van der Waals surface area contributed by atoms with Crippen LogP contribution in [0.5, 0.6) is 0 Å². The van der Waals surface area contributed by atoms with E-state index in [4.69, 9.17) is 5.11 Å². The first-order valence-electron chi connectivity index (χ1n) is 6.33. The van der Waals surface area contributed by atoms with Crippen molar-refractivity contribution in [3.63, 3.8) is 0 Å². The van der Waals surface area contributed by atoms with Gasteiger partial charge >= 0.3 is 5.97 Å². The van der Waals surface area contributed by atoms with Gasteiger partial charge in [0, 0.05) is 12.1 Å². The number of carbonyl (C=O) groups is 1. The van der Waals surface area contributed by atoms with E-state index in [1.807, 2.05) is 0 Å². The van der Waals surface area contributed by atoms with Gasteiger partial charge in [-0.05, 0) is 38.5 Å². The van der Waals surface area contributed by atoms with Crippen LogP contribution in [0.2, 0.25) is 0 Å². The zero-order valence-corrected chi connectivity index (χ0v) is 9.56. The third-order valence-corrected chi connectivity index (χ3v) is 3.95. The molecule has 0 heterocycles. The second kappa shape index (κ2) is 5.15. The molecule has 2 aliphatic rings. The van der Waals surface area contributed by atoms with Crippen molar-refractivity contribution in [1.82, 2.24) is 5.32 Å². The van der Waals surface area contributed by atoms with Crippen LogP contribution in [0.4, 0.5) is 0 Å². The minimum absolute atomic E-state index is 0.190. The minimum atomic E-state index is -0.668. The lowest BCUT2D eigenvalue weighted by molar-refractivity contribution is -0.143. The van der Waals surface area contributed by atoms with Crippen LogP contribution < -0.4 is 5.32 Å². The van der Waals surface area contributed by atoms with Crippen molar-refractivity contribution in [2.75, 3.05) is 0 Å². The number of rotatable bonds is 3. The summed E-state index contributed by atoms with van der Waals surface area (Å²) < 4.78 is 0. The number of carboxylic acid groups (broad SMARTS) is 1. The third-order valence-electron chi connectivity index (χ3n) is 3.95. The molecular formula is C12H21NO3. The van der Waals surface area contributed by atoms with Gasteiger partial charge in [-0.15, -0.1) is 0 Å². The topological polar surface area (TPSA) is 69.6 Å². The maximum Gasteiger partial charge on any atom is 0.306 e. The standard InChI is InChI=1S/C12H21NO3/c14-11-6-2-5-10(11)13-9-4-1-3-8(7-9)12(15)16/h8-11,13-14H,1-7H2,(H,15,16). The van der Waals surface area contributed by atoms with Gasteiger partial charge in [0.05, 0.1) is 12.0 Å². The summed E-state index contributed by atoms with van der Waals surface area (Å²) >= 11 is 0. The molecule has 16 heavy (non-hydrogen) atoms. The number of carboxylic acids is 1. The van der Waals surface area contributed by atoms with Crippen molar-refractivity contribution in [3.05, 3.63) is 0 Å². The molecule has 0 bridgehead atoms. The van der Waals surface area contributed by atoms with Crippen LogP contribution in [-0.4, -0.2) is 34.4 Å². The summed E-state index contributed by atoms with van der Waals surface area (Å²) in [6.45, 7) is 0. The van der Waals surface area contributed by atoms with Gasteiger partial charge in [-0.2, -0.15) is 0 Å². The number of hydrogen-bond donors (Lipinski definition) is 3. The van der Waals surface area contributed by atoms with E-state index in [1.165, 1.54) is 0 Å². The fourth-order valence-corrected chi connectivity index (χ4v) is 3.00. The SMILES string of the molecule is O=C(O)C1CCCC(NC2CCCC2O)C1. The maximum absolute atomic E-state index is 10.9. The molecule has 0 saturated heterocycles. The molecule has 3 N–H and O–H groups in total. The molecule has 92 valence electrons. The monoisotopic (exact) mass is 227 g/mol. The van der Waals surface area contributed by atoms with Crippen LogP contribution >= 0.6 is 0 Å². The highest BCUT2D eigenvalue weighted by Gasteiger charge is 2.31. The van der Waals surface area contributed by atoms with E-state index in [1.54, 1.807) is 0 Å². The van der Waals surface area contributed by atoms with E-state index in [-0.39, 0.29) is 24.1 Å². The van der Waals surface area contributed by atoms with Gasteiger partial charge in [0.15, 0.2) is 0 Å². The van der Waals surface area contributed by atoms with E-state index in [2.05, 4.69) is 5.32 Å². The molecule has 0 aromatic carbocycles. The zero-order chi connectivity index (χ0) is 11.5. The minimum Gasteiger partial charge on any atom is -0.481 e. The van der Waals surface area contributed by atoms with Crippen LogP contribution in [0.1, 0.15) is 44.9 Å². The van der Waals surface area contributed by atoms with Crippen LogP contribution in [0, 0.1) is 5.92 Å². The Hall–Kier alpha value is -0.610. The first-order chi connectivity index (χ1) is 7.66. The van der Waals surface area contributed by atoms with Gasteiger partial charge in [-0.3, -0.25) is 4.79 Å². The van der Waals surface area contributed by atoms with Gasteiger partial charge in [0.25, 0.3) is 0 Å². The Morgan fingerprint density at radius 1 is 1.12 bits per heavy atom. The van der Waals surface area contributed by atoms with E-state index >= 15 is 0 Å². The van der Waals surface area contributed by atoms with Crippen molar-refractivity contribution in [2.45, 2.75) is 63.1 Å². The van der Waals surface area contributed by atoms with Gasteiger partial charge in [-0.25, -0.2) is 0 Å². The third kappa shape index (κ3) is 2.74. The van der Waals surface area contributed by atoms with E-state index in [9.17, 15) is 9.90 Å². The predicted octanol–water partition coefficient (Wildman–Crippen LogP) is 1.13. The van der Waals surface area contributed by atoms with E-state index < -0.39 is 5.97 Å². The summed E-state index contributed by atoms with van der Waals surface area (Å²) in [4.78, 5) is 10.9. The zero-order valence-electron chi connectivity index (χ0n) is 9.56. The molecule has 2 fully saturated rings. The fraction of sp³-hybridized carbons (Fsp3) is 0.917. The Kier molecular flexibility index (Phi) is 3.82. The molecule has 4 heteroatoms. The van der Waals surface area contributed by atoms with Crippen molar-refractivity contribution in [2.24, 2.45) is 5.92 Å². The summed E-state index contributed by atoms with van der Waals surface area (Å²) in [5, 5.41) is 22.1. The van der Waals surface area contributed by atoms with Gasteiger partial charge in [0.1, 0.15) is 0 Å². The van der Waals surface area contributed by atoms with Gasteiger partial charge in [-0.1, -0.05) is 6.42 Å². The molecule has 0 aromatic heterocycles. The molecule has 4 nitrogen and oxygen atoms in total. The van der Waals surface area contributed by atoms with E-state index in [0.717, 1.165) is 44.9 Å². The highest BCUT2D eigenvalue weighted by Crippen LogP contribution is 2.27. The van der Waals surface area contributed by atoms with Crippen molar-refractivity contribution < 1.29 is 15.0 Å². The molecule has 0 radical (unpaired) electrons. The van der Waals surface area contributed by atoms with Crippen molar-refractivity contribution in [1.29, 1.82) is 0 Å². The second-order valence-corrected chi connectivity index (χ2v) is 5.17. The van der Waals surface area contributed by atoms with Crippen LogP contribution in [0.15, 0.2) is 0 Å². The first-order valence-corrected chi connectivity index (χ1v) is 6.33. The highest BCUT2D eigenvalue weighted by molar-refractivity contribution is 5.70. The molecule has 0 aromatic rings. The Balaban J connectivity index is 1.83. The van der Waals surface area contributed by atoms with Crippen molar-refractivity contribution in [3.8, 4) is 0 Å². The van der Waals surface area contributed by atoms with Gasteiger partial charge < -0.3 is 15.5 Å². The highest BCUT2D eigenvalue weighted by atomic mass is 16.4. The number of aliphatic hydroxyl groups excluding tert-OH is 1. The molecule has 2 saturated carbocycles. The molecule has 0 aliphatic heterocycles. The lowest BCUT2D eigenvalue weighted by atomic mass is 9.85. The lowest BCUT2D eigenvalue weighted by Crippen LogP contribution is -2.45. The molecule has 2 rings (SSSR count). The quantitative estimate of drug-likeness (QED) is 0.676. The lowest BCUT2D eigenvalue weighted by Gasteiger charge is -2.31. The maximum atomic E-state index is 10.9. The summed E-state index contributed by atoms with van der Waals surface area (Å²) in [7, 11) is 0. The van der Waals surface area contributed by atoms with Crippen LogP contribution in [0.3, 0.4) is 0 Å². The number of nitrogens with one attached hydrogen (secondary N) is 1. The average molecular weight is 227 g/mol. The van der Waals surface area contributed by atoms with E-state index in [0.29, 0.717) is 0 Å². The number of aliphatic hydroxyl groups is 1. The molecule has 0 amide bonds. The summed E-state index contributed by atoms with van der Waals surface area (Å²) in [6, 6.07) is 0.477. The van der Waals surface area contributed by atoms with Crippen LogP contribution in [-0.2, 0) is 4.79 Å². The van der Waals surface area contributed by atoms with Crippen LogP contribution in [0.25, 0.3) is 0 Å². The van der Waals surface area contributed by atoms with Gasteiger partial charge in [0.2, 0.25) is 0 Å². The predicted molar refractivity (Wildman–Crippen MR) is 60.2 cm³/mol. The smallest absolute Gasteiger partial charge is 0.306 e. The summed E-state index contributed by atoms with van der Waals surface area (Å²) in [5.41, 5.74) is 0. The Labute approximate surface area is 96.0 Å². The largest absolute Gasteiger partial charge is 0.481 e. The molecule has 2 aliphatic carbocycles. The molecule has 4 atom stereocenters. The summed E-state index contributed by atoms with van der Waals surface area (Å²) in [6.07, 6.45) is 6.31. The molecular weight excluding hydrogens is 206 g/mol. The Morgan fingerprint density at radius 2 is 1.88 bits per heavy atom. The normalized spacial score (nSPS) is 39.8. The summed E-state index contributed by atoms with van der Waals surface area (Å²) in [5.74, 6) is -0.858.